The quantitative estimate of drug-likeness (QED) is 0.894. The molecule has 2 unspecified atom stereocenters. The molecule has 1 aromatic rings. The fourth-order valence-corrected chi connectivity index (χ4v) is 3.20. The van der Waals surface area contributed by atoms with E-state index in [0.717, 1.165) is 30.5 Å². The standard InChI is InChI=1S/C14H23N3O/c1-9(2)12-16-13(17-18-12)14(15)7-3-4-11(8-14)10-5-6-10/h9-11H,3-8,15H2,1-2H3. The maximum atomic E-state index is 6.56. The second kappa shape index (κ2) is 4.34. The van der Waals surface area contributed by atoms with Gasteiger partial charge >= 0.3 is 0 Å². The summed E-state index contributed by atoms with van der Waals surface area (Å²) in [5, 5.41) is 4.14. The number of hydrogen-bond acceptors (Lipinski definition) is 4. The molecule has 1 heterocycles. The average Bonchev–Trinajstić information content (AvgIpc) is 3.05. The van der Waals surface area contributed by atoms with E-state index in [1.54, 1.807) is 0 Å². The highest BCUT2D eigenvalue weighted by molar-refractivity contribution is 5.08. The van der Waals surface area contributed by atoms with Gasteiger partial charge < -0.3 is 10.3 Å². The van der Waals surface area contributed by atoms with Gasteiger partial charge in [-0.1, -0.05) is 31.8 Å². The number of nitrogens with two attached hydrogens (primary N) is 1. The molecule has 2 aliphatic rings. The Hall–Kier alpha value is -0.900. The molecule has 4 heteroatoms. The summed E-state index contributed by atoms with van der Waals surface area (Å²) in [7, 11) is 0. The fraction of sp³-hybridized carbons (Fsp3) is 0.857. The molecular formula is C14H23N3O. The van der Waals surface area contributed by atoms with Gasteiger partial charge in [0.1, 0.15) is 0 Å². The molecular weight excluding hydrogens is 226 g/mol. The molecule has 0 amide bonds. The molecule has 100 valence electrons. The van der Waals surface area contributed by atoms with Gasteiger partial charge in [0, 0.05) is 5.92 Å². The molecule has 2 atom stereocenters. The summed E-state index contributed by atoms with van der Waals surface area (Å²) < 4.78 is 5.31. The van der Waals surface area contributed by atoms with Crippen LogP contribution >= 0.6 is 0 Å². The predicted octanol–water partition coefficient (Wildman–Crippen LogP) is 2.95. The summed E-state index contributed by atoms with van der Waals surface area (Å²) >= 11 is 0. The van der Waals surface area contributed by atoms with Crippen LogP contribution < -0.4 is 5.73 Å². The molecule has 0 aliphatic heterocycles. The zero-order valence-electron chi connectivity index (χ0n) is 11.4. The number of nitrogens with zero attached hydrogens (tertiary/aromatic N) is 2. The highest BCUT2D eigenvalue weighted by Gasteiger charge is 2.43. The van der Waals surface area contributed by atoms with Crippen LogP contribution in [0.5, 0.6) is 0 Å². The van der Waals surface area contributed by atoms with Crippen LogP contribution in [0, 0.1) is 11.8 Å². The first-order valence-electron chi connectivity index (χ1n) is 7.21. The minimum atomic E-state index is -0.345. The summed E-state index contributed by atoms with van der Waals surface area (Å²) in [5.74, 6) is 3.42. The Bertz CT molecular complexity index is 424. The van der Waals surface area contributed by atoms with Gasteiger partial charge in [0.15, 0.2) is 5.82 Å². The normalized spacial score (nSPS) is 33.0. The molecule has 3 rings (SSSR count). The van der Waals surface area contributed by atoms with Crippen molar-refractivity contribution in [2.24, 2.45) is 17.6 Å². The van der Waals surface area contributed by atoms with Crippen molar-refractivity contribution in [3.63, 3.8) is 0 Å². The van der Waals surface area contributed by atoms with E-state index in [4.69, 9.17) is 10.3 Å². The number of rotatable bonds is 3. The van der Waals surface area contributed by atoms with Crippen molar-refractivity contribution < 1.29 is 4.52 Å². The fourth-order valence-electron chi connectivity index (χ4n) is 3.20. The largest absolute Gasteiger partial charge is 0.339 e. The van der Waals surface area contributed by atoms with E-state index >= 15 is 0 Å². The van der Waals surface area contributed by atoms with Crippen LogP contribution in [-0.4, -0.2) is 10.1 Å². The van der Waals surface area contributed by atoms with E-state index in [1.165, 1.54) is 25.7 Å². The Morgan fingerprint density at radius 1 is 1.28 bits per heavy atom. The minimum absolute atomic E-state index is 0.276. The molecule has 2 aliphatic carbocycles. The van der Waals surface area contributed by atoms with Crippen molar-refractivity contribution in [2.75, 3.05) is 0 Å². The second-order valence-electron chi connectivity index (χ2n) is 6.46. The van der Waals surface area contributed by atoms with Gasteiger partial charge in [-0.3, -0.25) is 0 Å². The third kappa shape index (κ3) is 2.18. The lowest BCUT2D eigenvalue weighted by Crippen LogP contribution is -2.43. The van der Waals surface area contributed by atoms with Gasteiger partial charge in [-0.05, 0) is 37.5 Å². The molecule has 2 saturated carbocycles. The van der Waals surface area contributed by atoms with E-state index < -0.39 is 0 Å². The summed E-state index contributed by atoms with van der Waals surface area (Å²) in [6.45, 7) is 4.13. The van der Waals surface area contributed by atoms with E-state index in [1.807, 2.05) is 0 Å². The zero-order valence-corrected chi connectivity index (χ0v) is 11.4. The molecule has 4 nitrogen and oxygen atoms in total. The van der Waals surface area contributed by atoms with Crippen molar-refractivity contribution in [3.8, 4) is 0 Å². The number of hydrogen-bond donors (Lipinski definition) is 1. The van der Waals surface area contributed by atoms with Crippen LogP contribution in [0.4, 0.5) is 0 Å². The van der Waals surface area contributed by atoms with Crippen molar-refractivity contribution in [1.29, 1.82) is 0 Å². The first-order valence-corrected chi connectivity index (χ1v) is 7.21. The first kappa shape index (κ1) is 12.2. The number of aromatic nitrogens is 2. The van der Waals surface area contributed by atoms with Gasteiger partial charge in [0.25, 0.3) is 0 Å². The second-order valence-corrected chi connectivity index (χ2v) is 6.46. The summed E-state index contributed by atoms with van der Waals surface area (Å²) in [5.41, 5.74) is 6.22. The summed E-state index contributed by atoms with van der Waals surface area (Å²) in [6, 6.07) is 0. The monoisotopic (exact) mass is 249 g/mol. The third-order valence-electron chi connectivity index (χ3n) is 4.49. The average molecular weight is 249 g/mol. The maximum Gasteiger partial charge on any atom is 0.229 e. The maximum absolute atomic E-state index is 6.56. The van der Waals surface area contributed by atoms with Crippen molar-refractivity contribution in [3.05, 3.63) is 11.7 Å². The van der Waals surface area contributed by atoms with E-state index in [0.29, 0.717) is 5.89 Å². The Balaban J connectivity index is 1.79. The molecule has 0 bridgehead atoms. The van der Waals surface area contributed by atoms with Crippen LogP contribution in [0.25, 0.3) is 0 Å². The lowest BCUT2D eigenvalue weighted by Gasteiger charge is -2.35. The van der Waals surface area contributed by atoms with Crippen LogP contribution in [-0.2, 0) is 5.54 Å². The molecule has 0 aromatic carbocycles. The third-order valence-corrected chi connectivity index (χ3v) is 4.49. The van der Waals surface area contributed by atoms with Crippen LogP contribution in [0.15, 0.2) is 4.52 Å². The lowest BCUT2D eigenvalue weighted by atomic mass is 9.74. The van der Waals surface area contributed by atoms with Gasteiger partial charge in [-0.15, -0.1) is 0 Å². The zero-order chi connectivity index (χ0) is 12.8. The van der Waals surface area contributed by atoms with Gasteiger partial charge in [-0.25, -0.2) is 0 Å². The predicted molar refractivity (Wildman–Crippen MR) is 68.9 cm³/mol. The molecule has 2 N–H and O–H groups in total. The Morgan fingerprint density at radius 2 is 2.06 bits per heavy atom. The van der Waals surface area contributed by atoms with Crippen LogP contribution in [0.2, 0.25) is 0 Å². The van der Waals surface area contributed by atoms with Gasteiger partial charge in [-0.2, -0.15) is 4.98 Å². The Morgan fingerprint density at radius 3 is 2.67 bits per heavy atom. The highest BCUT2D eigenvalue weighted by Crippen LogP contribution is 2.48. The highest BCUT2D eigenvalue weighted by atomic mass is 16.5. The molecule has 0 spiro atoms. The minimum Gasteiger partial charge on any atom is -0.339 e. The topological polar surface area (TPSA) is 64.9 Å². The Labute approximate surface area is 108 Å². The molecule has 0 radical (unpaired) electrons. The van der Waals surface area contributed by atoms with E-state index in [9.17, 15) is 0 Å². The SMILES string of the molecule is CC(C)c1nc(C2(N)CCCC(C3CC3)C2)no1. The Kier molecular flexibility index (Phi) is 2.93. The van der Waals surface area contributed by atoms with Crippen LogP contribution in [0.1, 0.15) is 70.0 Å². The van der Waals surface area contributed by atoms with Crippen molar-refractivity contribution >= 4 is 0 Å². The summed E-state index contributed by atoms with van der Waals surface area (Å²) in [6.07, 6.45) is 7.35. The van der Waals surface area contributed by atoms with Crippen molar-refractivity contribution in [1.82, 2.24) is 10.1 Å². The van der Waals surface area contributed by atoms with Gasteiger partial charge in [0.05, 0.1) is 5.54 Å². The van der Waals surface area contributed by atoms with Crippen molar-refractivity contribution in [2.45, 2.75) is 63.8 Å². The summed E-state index contributed by atoms with van der Waals surface area (Å²) in [4.78, 5) is 4.52. The molecule has 1 aromatic heterocycles. The molecule has 0 saturated heterocycles. The first-order chi connectivity index (χ1) is 8.58. The van der Waals surface area contributed by atoms with Gasteiger partial charge in [0.2, 0.25) is 5.89 Å². The smallest absolute Gasteiger partial charge is 0.229 e. The lowest BCUT2D eigenvalue weighted by molar-refractivity contribution is 0.193. The molecule has 18 heavy (non-hydrogen) atoms. The molecule has 2 fully saturated rings. The van der Waals surface area contributed by atoms with E-state index in [2.05, 4.69) is 24.0 Å². The van der Waals surface area contributed by atoms with E-state index in [-0.39, 0.29) is 11.5 Å². The van der Waals surface area contributed by atoms with Crippen LogP contribution in [0.3, 0.4) is 0 Å².